The Morgan fingerprint density at radius 2 is 1.71 bits per heavy atom. The summed E-state index contributed by atoms with van der Waals surface area (Å²) in [5.74, 6) is -1.49. The molecule has 1 aromatic heterocycles. The molecule has 1 saturated heterocycles. The number of carbonyl (C=O) groups excluding carboxylic acids is 2. The monoisotopic (exact) mass is 449 g/mol. The van der Waals surface area contributed by atoms with E-state index in [9.17, 15) is 18.0 Å². The van der Waals surface area contributed by atoms with Gasteiger partial charge in [-0.25, -0.2) is 8.42 Å². The number of nitrogens with zero attached hydrogens (tertiary/aromatic N) is 1. The maximum absolute atomic E-state index is 13.0. The molecule has 9 nitrogen and oxygen atoms in total. The highest BCUT2D eigenvalue weighted by Crippen LogP contribution is 2.28. The van der Waals surface area contributed by atoms with E-state index in [-0.39, 0.29) is 17.2 Å². The molecule has 168 valence electrons. The molecule has 0 unspecified atom stereocenters. The molecule has 1 aliphatic heterocycles. The van der Waals surface area contributed by atoms with Gasteiger partial charge in [-0.2, -0.15) is 0 Å². The second-order valence-corrected chi connectivity index (χ2v) is 9.27. The van der Waals surface area contributed by atoms with Crippen LogP contribution in [0.4, 0.5) is 0 Å². The summed E-state index contributed by atoms with van der Waals surface area (Å²) in [7, 11) is -3.83. The fourth-order valence-corrected chi connectivity index (χ4v) is 4.90. The Hall–Kier alpha value is -2.69. The van der Waals surface area contributed by atoms with E-state index in [2.05, 4.69) is 15.5 Å². The van der Waals surface area contributed by atoms with Gasteiger partial charge in [-0.05, 0) is 37.2 Å². The molecule has 0 radical (unpaired) electrons. The van der Waals surface area contributed by atoms with Crippen molar-refractivity contribution in [2.24, 2.45) is 0 Å². The van der Waals surface area contributed by atoms with E-state index >= 15 is 0 Å². The topological polar surface area (TPSA) is 118 Å². The molecule has 0 saturated carbocycles. The van der Waals surface area contributed by atoms with E-state index in [1.165, 1.54) is 24.5 Å². The van der Waals surface area contributed by atoms with Gasteiger partial charge in [-0.1, -0.05) is 18.2 Å². The Morgan fingerprint density at radius 3 is 2.39 bits per heavy atom. The summed E-state index contributed by atoms with van der Waals surface area (Å²) in [6, 6.07) is 11.0. The molecule has 1 fully saturated rings. The third kappa shape index (κ3) is 6.39. The number of hydrogen-bond donors (Lipinski definition) is 2. The van der Waals surface area contributed by atoms with Crippen LogP contribution in [0.5, 0.6) is 0 Å². The van der Waals surface area contributed by atoms with E-state index in [0.717, 1.165) is 19.6 Å². The van der Waals surface area contributed by atoms with Crippen LogP contribution in [0.15, 0.2) is 58.0 Å². The quantitative estimate of drug-likeness (QED) is 0.428. The van der Waals surface area contributed by atoms with E-state index in [1.54, 1.807) is 24.3 Å². The molecular formula is C21H27N3O6S. The second-order valence-electron chi connectivity index (χ2n) is 7.14. The van der Waals surface area contributed by atoms with Crippen LogP contribution in [-0.2, 0) is 24.2 Å². The fraction of sp³-hybridized carbons (Fsp3) is 0.429. The lowest BCUT2D eigenvalue weighted by Crippen LogP contribution is -2.43. The van der Waals surface area contributed by atoms with Crippen molar-refractivity contribution in [2.45, 2.75) is 16.6 Å². The highest BCUT2D eigenvalue weighted by Gasteiger charge is 2.32. The average molecular weight is 450 g/mol. The van der Waals surface area contributed by atoms with Gasteiger partial charge in [0.15, 0.2) is 9.84 Å². The van der Waals surface area contributed by atoms with Crippen molar-refractivity contribution in [2.75, 3.05) is 45.9 Å². The minimum Gasteiger partial charge on any atom is -0.468 e. The van der Waals surface area contributed by atoms with Crippen molar-refractivity contribution in [3.05, 3.63) is 54.5 Å². The van der Waals surface area contributed by atoms with Crippen molar-refractivity contribution < 1.29 is 27.2 Å². The van der Waals surface area contributed by atoms with Crippen LogP contribution in [0.25, 0.3) is 0 Å². The van der Waals surface area contributed by atoms with Crippen molar-refractivity contribution in [1.82, 2.24) is 15.5 Å². The number of morpholine rings is 1. The standard InChI is InChI=1S/C21H27N3O6S/c25-20(22-9-5-10-24-11-14-29-15-12-24)21(26)23-16-19(18-8-4-13-30-18)31(27,28)17-6-2-1-3-7-17/h1-4,6-8,13,19H,5,9-12,14-16H2,(H,22,25)(H,23,26)/t19-/m0/s1. The number of hydrogen-bond acceptors (Lipinski definition) is 7. The fourth-order valence-electron chi connectivity index (χ4n) is 3.29. The Balaban J connectivity index is 1.52. The first-order valence-corrected chi connectivity index (χ1v) is 11.7. The van der Waals surface area contributed by atoms with E-state index in [0.29, 0.717) is 26.2 Å². The summed E-state index contributed by atoms with van der Waals surface area (Å²) in [4.78, 5) is 26.6. The largest absolute Gasteiger partial charge is 0.468 e. The third-order valence-electron chi connectivity index (χ3n) is 5.00. The molecule has 31 heavy (non-hydrogen) atoms. The van der Waals surface area contributed by atoms with Gasteiger partial charge in [-0.3, -0.25) is 14.5 Å². The zero-order valence-corrected chi connectivity index (χ0v) is 18.0. The zero-order valence-electron chi connectivity index (χ0n) is 17.2. The minimum absolute atomic E-state index is 0.109. The normalized spacial score (nSPS) is 15.9. The number of amides is 2. The van der Waals surface area contributed by atoms with Gasteiger partial charge < -0.3 is 19.8 Å². The number of rotatable bonds is 9. The van der Waals surface area contributed by atoms with E-state index < -0.39 is 26.9 Å². The lowest BCUT2D eigenvalue weighted by molar-refractivity contribution is -0.139. The van der Waals surface area contributed by atoms with E-state index in [4.69, 9.17) is 9.15 Å². The smallest absolute Gasteiger partial charge is 0.309 e. The summed E-state index contributed by atoms with van der Waals surface area (Å²) in [6.45, 7) is 4.01. The molecule has 2 amide bonds. The number of furan rings is 1. The molecule has 2 aromatic rings. The van der Waals surface area contributed by atoms with Crippen molar-refractivity contribution in [1.29, 1.82) is 0 Å². The lowest BCUT2D eigenvalue weighted by atomic mass is 10.3. The molecule has 0 aliphatic carbocycles. The van der Waals surface area contributed by atoms with Crippen LogP contribution in [0, 0.1) is 0 Å². The first kappa shape index (κ1) is 23.0. The van der Waals surface area contributed by atoms with Crippen LogP contribution in [0.2, 0.25) is 0 Å². The van der Waals surface area contributed by atoms with E-state index in [1.807, 2.05) is 0 Å². The molecule has 1 aliphatic rings. The van der Waals surface area contributed by atoms with Gasteiger partial charge >= 0.3 is 11.8 Å². The van der Waals surface area contributed by atoms with Crippen LogP contribution in [0.1, 0.15) is 17.4 Å². The summed E-state index contributed by atoms with van der Waals surface area (Å²) >= 11 is 0. The SMILES string of the molecule is O=C(NCCCN1CCOCC1)C(=O)NC[C@@H](c1ccco1)S(=O)(=O)c1ccccc1. The number of ether oxygens (including phenoxy) is 1. The van der Waals surface area contributed by atoms with Crippen LogP contribution >= 0.6 is 0 Å². The molecule has 2 N–H and O–H groups in total. The predicted molar refractivity (Wildman–Crippen MR) is 113 cm³/mol. The Kier molecular flexibility index (Phi) is 8.21. The molecule has 0 bridgehead atoms. The van der Waals surface area contributed by atoms with Gasteiger partial charge in [0.25, 0.3) is 0 Å². The molecule has 10 heteroatoms. The highest BCUT2D eigenvalue weighted by molar-refractivity contribution is 7.91. The van der Waals surface area contributed by atoms with Crippen molar-refractivity contribution >= 4 is 21.7 Å². The van der Waals surface area contributed by atoms with Gasteiger partial charge in [0.05, 0.1) is 24.4 Å². The third-order valence-corrected chi connectivity index (χ3v) is 7.08. The predicted octanol–water partition coefficient (Wildman–Crippen LogP) is 0.749. The molecular weight excluding hydrogens is 422 g/mol. The lowest BCUT2D eigenvalue weighted by Gasteiger charge is -2.26. The Bertz CT molecular complexity index is 941. The van der Waals surface area contributed by atoms with Gasteiger partial charge in [0, 0.05) is 26.2 Å². The van der Waals surface area contributed by atoms with Crippen molar-refractivity contribution in [3.63, 3.8) is 0 Å². The summed E-state index contributed by atoms with van der Waals surface area (Å²) < 4.78 is 36.7. The average Bonchev–Trinajstić information content (AvgIpc) is 3.32. The number of carbonyl (C=O) groups is 2. The van der Waals surface area contributed by atoms with Gasteiger partial charge in [0.2, 0.25) is 0 Å². The van der Waals surface area contributed by atoms with Gasteiger partial charge in [-0.15, -0.1) is 0 Å². The minimum atomic E-state index is -3.83. The number of sulfone groups is 1. The number of benzene rings is 1. The summed E-state index contributed by atoms with van der Waals surface area (Å²) in [5, 5.41) is 3.84. The Labute approximate surface area is 181 Å². The zero-order chi connectivity index (χ0) is 22.1. The summed E-state index contributed by atoms with van der Waals surface area (Å²) in [6.07, 6.45) is 2.07. The highest BCUT2D eigenvalue weighted by atomic mass is 32.2. The summed E-state index contributed by atoms with van der Waals surface area (Å²) in [5.41, 5.74) is 0. The molecule has 1 atom stereocenters. The Morgan fingerprint density at radius 1 is 1.00 bits per heavy atom. The second kappa shape index (κ2) is 11.1. The van der Waals surface area contributed by atoms with Gasteiger partial charge in [0.1, 0.15) is 11.0 Å². The number of nitrogens with one attached hydrogen (secondary N) is 2. The first-order chi connectivity index (χ1) is 15.0. The van der Waals surface area contributed by atoms with Crippen LogP contribution < -0.4 is 10.6 Å². The molecule has 2 heterocycles. The maximum Gasteiger partial charge on any atom is 0.309 e. The molecule has 1 aromatic carbocycles. The van der Waals surface area contributed by atoms with Crippen LogP contribution in [0.3, 0.4) is 0 Å². The molecule has 0 spiro atoms. The molecule has 3 rings (SSSR count). The van der Waals surface area contributed by atoms with Crippen molar-refractivity contribution in [3.8, 4) is 0 Å². The first-order valence-electron chi connectivity index (χ1n) is 10.2. The maximum atomic E-state index is 13.0. The van der Waals surface area contributed by atoms with Crippen LogP contribution in [-0.4, -0.2) is 71.1 Å².